The SMILES string of the molecule is COc1cc(/C=C/C(=O)OCC(=O)N2C[C@@H](C)O[C@@H](C)C2)ccc1OC(C)C. The van der Waals surface area contributed by atoms with E-state index in [0.29, 0.717) is 24.6 Å². The van der Waals surface area contributed by atoms with Crippen LogP contribution in [-0.2, 0) is 19.1 Å². The number of rotatable bonds is 7. The Morgan fingerprint density at radius 1 is 1.21 bits per heavy atom. The van der Waals surface area contributed by atoms with Gasteiger partial charge in [-0.1, -0.05) is 6.07 Å². The van der Waals surface area contributed by atoms with Crippen LogP contribution in [0, 0.1) is 0 Å². The van der Waals surface area contributed by atoms with Crippen molar-refractivity contribution in [3.05, 3.63) is 29.8 Å². The first kappa shape index (κ1) is 21.8. The first-order valence-electron chi connectivity index (χ1n) is 9.41. The van der Waals surface area contributed by atoms with Crippen LogP contribution in [0.2, 0.25) is 0 Å². The van der Waals surface area contributed by atoms with Crippen molar-refractivity contribution in [2.24, 2.45) is 0 Å². The molecule has 154 valence electrons. The highest BCUT2D eigenvalue weighted by Crippen LogP contribution is 2.29. The van der Waals surface area contributed by atoms with Gasteiger partial charge in [-0.15, -0.1) is 0 Å². The fraction of sp³-hybridized carbons (Fsp3) is 0.524. The van der Waals surface area contributed by atoms with Gasteiger partial charge >= 0.3 is 5.97 Å². The first-order chi connectivity index (χ1) is 13.3. The summed E-state index contributed by atoms with van der Waals surface area (Å²) in [5.74, 6) is 0.413. The molecular formula is C21H29NO6. The van der Waals surface area contributed by atoms with Crippen LogP contribution in [0.1, 0.15) is 33.3 Å². The zero-order chi connectivity index (χ0) is 20.7. The molecule has 1 aliphatic heterocycles. The molecule has 0 aromatic heterocycles. The number of hydrogen-bond acceptors (Lipinski definition) is 6. The average Bonchev–Trinajstić information content (AvgIpc) is 2.64. The summed E-state index contributed by atoms with van der Waals surface area (Å²) < 4.78 is 21.6. The van der Waals surface area contributed by atoms with E-state index in [2.05, 4.69) is 0 Å². The summed E-state index contributed by atoms with van der Waals surface area (Å²) in [7, 11) is 1.56. The molecule has 1 aliphatic rings. The Balaban J connectivity index is 1.88. The normalized spacial score (nSPS) is 19.7. The number of hydrogen-bond donors (Lipinski definition) is 0. The summed E-state index contributed by atoms with van der Waals surface area (Å²) in [5.41, 5.74) is 0.757. The summed E-state index contributed by atoms with van der Waals surface area (Å²) in [5, 5.41) is 0. The second-order valence-corrected chi connectivity index (χ2v) is 7.07. The lowest BCUT2D eigenvalue weighted by Gasteiger charge is -2.35. The number of ether oxygens (including phenoxy) is 4. The zero-order valence-corrected chi connectivity index (χ0v) is 17.1. The molecule has 0 aliphatic carbocycles. The molecule has 2 atom stereocenters. The lowest BCUT2D eigenvalue weighted by Crippen LogP contribution is -2.49. The maximum Gasteiger partial charge on any atom is 0.331 e. The molecule has 7 nitrogen and oxygen atoms in total. The third kappa shape index (κ3) is 6.56. The number of amides is 1. The van der Waals surface area contributed by atoms with E-state index in [-0.39, 0.29) is 30.8 Å². The standard InChI is InChI=1S/C21H29NO6/c1-14(2)27-18-8-6-17(10-19(18)25-5)7-9-21(24)26-13-20(23)22-11-15(3)28-16(4)12-22/h6-10,14-16H,11-13H2,1-5H3/b9-7+/t15-,16+. The van der Waals surface area contributed by atoms with E-state index < -0.39 is 5.97 Å². The molecule has 2 rings (SSSR count). The van der Waals surface area contributed by atoms with Crippen LogP contribution < -0.4 is 9.47 Å². The summed E-state index contributed by atoms with van der Waals surface area (Å²) in [6, 6.07) is 5.36. The monoisotopic (exact) mass is 391 g/mol. The van der Waals surface area contributed by atoms with Crippen LogP contribution in [-0.4, -0.2) is 61.9 Å². The van der Waals surface area contributed by atoms with E-state index in [1.165, 1.54) is 6.08 Å². The summed E-state index contributed by atoms with van der Waals surface area (Å²) in [6.45, 7) is 8.41. The highest BCUT2D eigenvalue weighted by Gasteiger charge is 2.26. The predicted molar refractivity (Wildman–Crippen MR) is 105 cm³/mol. The number of carbonyl (C=O) groups excluding carboxylic acids is 2. The minimum atomic E-state index is -0.579. The van der Waals surface area contributed by atoms with Crippen LogP contribution in [0.15, 0.2) is 24.3 Å². The van der Waals surface area contributed by atoms with Gasteiger partial charge in [-0.05, 0) is 51.5 Å². The number of esters is 1. The highest BCUT2D eigenvalue weighted by atomic mass is 16.5. The molecule has 28 heavy (non-hydrogen) atoms. The lowest BCUT2D eigenvalue weighted by molar-refractivity contribution is -0.154. The number of morpholine rings is 1. The van der Waals surface area contributed by atoms with Crippen molar-refractivity contribution in [2.75, 3.05) is 26.8 Å². The summed E-state index contributed by atoms with van der Waals surface area (Å²) >= 11 is 0. The number of nitrogens with zero attached hydrogens (tertiary/aromatic N) is 1. The molecule has 1 fully saturated rings. The van der Waals surface area contributed by atoms with Gasteiger partial charge in [-0.3, -0.25) is 4.79 Å². The van der Waals surface area contributed by atoms with Crippen molar-refractivity contribution >= 4 is 18.0 Å². The van der Waals surface area contributed by atoms with Crippen LogP contribution in [0.3, 0.4) is 0 Å². The Hall–Kier alpha value is -2.54. The largest absolute Gasteiger partial charge is 0.493 e. The van der Waals surface area contributed by atoms with Gasteiger partial charge < -0.3 is 23.8 Å². The van der Waals surface area contributed by atoms with Crippen LogP contribution >= 0.6 is 0 Å². The summed E-state index contributed by atoms with van der Waals surface area (Å²) in [4.78, 5) is 25.8. The second kappa shape index (κ2) is 10.1. The van der Waals surface area contributed by atoms with E-state index in [0.717, 1.165) is 5.56 Å². The smallest absolute Gasteiger partial charge is 0.331 e. The second-order valence-electron chi connectivity index (χ2n) is 7.07. The number of methoxy groups -OCH3 is 1. The Morgan fingerprint density at radius 3 is 2.50 bits per heavy atom. The molecule has 0 bridgehead atoms. The molecule has 1 aromatic carbocycles. The van der Waals surface area contributed by atoms with E-state index in [1.54, 1.807) is 30.2 Å². The van der Waals surface area contributed by atoms with Gasteiger partial charge in [-0.2, -0.15) is 0 Å². The fourth-order valence-electron chi connectivity index (χ4n) is 2.96. The minimum Gasteiger partial charge on any atom is -0.493 e. The van der Waals surface area contributed by atoms with E-state index in [4.69, 9.17) is 18.9 Å². The van der Waals surface area contributed by atoms with Gasteiger partial charge in [0.15, 0.2) is 18.1 Å². The third-order valence-electron chi connectivity index (χ3n) is 4.07. The highest BCUT2D eigenvalue weighted by molar-refractivity contribution is 5.89. The molecule has 0 radical (unpaired) electrons. The maximum atomic E-state index is 12.2. The van der Waals surface area contributed by atoms with Crippen LogP contribution in [0.25, 0.3) is 6.08 Å². The lowest BCUT2D eigenvalue weighted by atomic mass is 10.2. The molecule has 0 unspecified atom stereocenters. The van der Waals surface area contributed by atoms with Crippen molar-refractivity contribution in [3.8, 4) is 11.5 Å². The van der Waals surface area contributed by atoms with Gasteiger partial charge in [0.2, 0.25) is 0 Å². The zero-order valence-electron chi connectivity index (χ0n) is 17.1. The molecule has 1 aromatic rings. The molecule has 0 spiro atoms. The van der Waals surface area contributed by atoms with Crippen molar-refractivity contribution < 1.29 is 28.5 Å². The maximum absolute atomic E-state index is 12.2. The van der Waals surface area contributed by atoms with Crippen molar-refractivity contribution in [1.29, 1.82) is 0 Å². The molecule has 1 amide bonds. The van der Waals surface area contributed by atoms with Crippen molar-refractivity contribution in [2.45, 2.75) is 46.0 Å². The van der Waals surface area contributed by atoms with Gasteiger partial charge in [0.1, 0.15) is 0 Å². The van der Waals surface area contributed by atoms with E-state index in [9.17, 15) is 9.59 Å². The fourth-order valence-corrected chi connectivity index (χ4v) is 2.96. The first-order valence-corrected chi connectivity index (χ1v) is 9.41. The van der Waals surface area contributed by atoms with Crippen molar-refractivity contribution in [1.82, 2.24) is 4.90 Å². The predicted octanol–water partition coefficient (Wildman–Crippen LogP) is 2.67. The van der Waals surface area contributed by atoms with E-state index >= 15 is 0 Å². The van der Waals surface area contributed by atoms with E-state index in [1.807, 2.05) is 33.8 Å². The Bertz CT molecular complexity index is 705. The third-order valence-corrected chi connectivity index (χ3v) is 4.07. The molecule has 0 N–H and O–H groups in total. The molecular weight excluding hydrogens is 362 g/mol. The number of benzene rings is 1. The Kier molecular flexibility index (Phi) is 7.87. The van der Waals surface area contributed by atoms with Crippen LogP contribution in [0.5, 0.6) is 11.5 Å². The number of carbonyl (C=O) groups is 2. The Labute approximate surface area is 166 Å². The van der Waals surface area contributed by atoms with Gasteiger partial charge in [0.25, 0.3) is 5.91 Å². The quantitative estimate of drug-likeness (QED) is 0.526. The minimum absolute atomic E-state index is 0.0269. The van der Waals surface area contributed by atoms with Crippen LogP contribution in [0.4, 0.5) is 0 Å². The van der Waals surface area contributed by atoms with Gasteiger partial charge in [-0.25, -0.2) is 4.79 Å². The summed E-state index contributed by atoms with van der Waals surface area (Å²) in [6.07, 6.45) is 2.87. The molecule has 0 saturated carbocycles. The topological polar surface area (TPSA) is 74.3 Å². The molecule has 1 heterocycles. The Morgan fingerprint density at radius 2 is 1.89 bits per heavy atom. The molecule has 1 saturated heterocycles. The average molecular weight is 391 g/mol. The van der Waals surface area contributed by atoms with Gasteiger partial charge in [0, 0.05) is 19.2 Å². The van der Waals surface area contributed by atoms with Crippen molar-refractivity contribution in [3.63, 3.8) is 0 Å². The van der Waals surface area contributed by atoms with Gasteiger partial charge in [0.05, 0.1) is 25.4 Å². The molecule has 7 heteroatoms.